The molecule has 1 aliphatic heterocycles. The topological polar surface area (TPSA) is 49.6 Å². The zero-order valence-corrected chi connectivity index (χ0v) is 26.5. The van der Waals surface area contributed by atoms with Crippen LogP contribution in [0.25, 0.3) is 11.2 Å². The molecule has 1 aliphatic rings. The van der Waals surface area contributed by atoms with Crippen LogP contribution in [-0.4, -0.2) is 35.1 Å². The highest BCUT2D eigenvalue weighted by Crippen LogP contribution is 2.19. The fourth-order valence-corrected chi connectivity index (χ4v) is 4.58. The van der Waals surface area contributed by atoms with Gasteiger partial charge in [0.2, 0.25) is 0 Å². The molecule has 0 radical (unpaired) electrons. The van der Waals surface area contributed by atoms with Crippen LogP contribution in [0.3, 0.4) is 0 Å². The highest BCUT2D eigenvalue weighted by atomic mass is 16.1. The van der Waals surface area contributed by atoms with Gasteiger partial charge in [-0.3, -0.25) is 9.20 Å². The summed E-state index contributed by atoms with van der Waals surface area (Å²) >= 11 is 0. The number of anilines is 1. The zero-order chi connectivity index (χ0) is 29.7. The highest BCUT2D eigenvalue weighted by molar-refractivity contribution is 5.63. The van der Waals surface area contributed by atoms with Crippen LogP contribution >= 0.6 is 0 Å². The number of nitrogens with one attached hydrogen (secondary N) is 1. The molecule has 3 rings (SSSR count). The molecule has 0 aliphatic carbocycles. The summed E-state index contributed by atoms with van der Waals surface area (Å²) < 4.78 is 1.67. The molecule has 0 bridgehead atoms. The monoisotopic (exact) mass is 546 g/mol. The van der Waals surface area contributed by atoms with Crippen molar-refractivity contribution in [3.8, 4) is 0 Å². The molecule has 5 nitrogen and oxygen atoms in total. The third-order valence-corrected chi connectivity index (χ3v) is 7.91. The van der Waals surface area contributed by atoms with Crippen LogP contribution in [0, 0.1) is 5.92 Å². The first kappa shape index (κ1) is 33.3. The van der Waals surface area contributed by atoms with Crippen molar-refractivity contribution in [3.63, 3.8) is 0 Å². The molecule has 0 spiro atoms. The lowest BCUT2D eigenvalue weighted by molar-refractivity contribution is 0.484. The molecule has 0 saturated carbocycles. The molecule has 0 amide bonds. The van der Waals surface area contributed by atoms with E-state index < -0.39 is 0 Å². The number of pyridine rings is 1. The first-order chi connectivity index (χ1) is 19.1. The molecule has 2 atom stereocenters. The van der Waals surface area contributed by atoms with Crippen LogP contribution in [0.5, 0.6) is 0 Å². The molecule has 220 valence electrons. The summed E-state index contributed by atoms with van der Waals surface area (Å²) in [5.41, 5.74) is 7.61. The molecular weight excluding hydrogens is 492 g/mol. The lowest BCUT2D eigenvalue weighted by atomic mass is 9.98. The largest absolute Gasteiger partial charge is 0.368 e. The van der Waals surface area contributed by atoms with Crippen molar-refractivity contribution in [2.45, 2.75) is 100.0 Å². The van der Waals surface area contributed by atoms with Crippen LogP contribution in [-0.2, 0) is 0 Å². The lowest BCUT2D eigenvalue weighted by Gasteiger charge is -2.33. The number of piperazine rings is 1. The number of unbranched alkanes of at least 4 members (excludes halogenated alkanes) is 3. The van der Waals surface area contributed by atoms with Gasteiger partial charge in [-0.05, 0) is 90.3 Å². The van der Waals surface area contributed by atoms with Gasteiger partial charge in [0.25, 0.3) is 5.56 Å². The Morgan fingerprint density at radius 2 is 1.85 bits per heavy atom. The van der Waals surface area contributed by atoms with Crippen LogP contribution in [0.1, 0.15) is 99.6 Å². The van der Waals surface area contributed by atoms with E-state index >= 15 is 0 Å². The van der Waals surface area contributed by atoms with E-state index in [0.29, 0.717) is 17.6 Å². The van der Waals surface area contributed by atoms with Gasteiger partial charge in [-0.25, -0.2) is 4.98 Å². The van der Waals surface area contributed by atoms with Crippen molar-refractivity contribution in [1.29, 1.82) is 0 Å². The normalized spacial score (nSPS) is 17.4. The number of allylic oxidation sites excluding steroid dienone is 7. The van der Waals surface area contributed by atoms with Gasteiger partial charge in [0.1, 0.15) is 5.65 Å². The third-order valence-electron chi connectivity index (χ3n) is 7.91. The van der Waals surface area contributed by atoms with E-state index in [1.54, 1.807) is 10.5 Å². The maximum Gasteiger partial charge on any atom is 0.258 e. The summed E-state index contributed by atoms with van der Waals surface area (Å²) in [4.78, 5) is 19.9. The van der Waals surface area contributed by atoms with Crippen molar-refractivity contribution >= 4 is 16.9 Å². The Hall–Kier alpha value is -2.92. The van der Waals surface area contributed by atoms with Gasteiger partial charge in [0, 0.05) is 37.9 Å². The maximum atomic E-state index is 12.8. The second-order valence-corrected chi connectivity index (χ2v) is 11.4. The highest BCUT2D eigenvalue weighted by Gasteiger charge is 2.16. The van der Waals surface area contributed by atoms with E-state index in [2.05, 4.69) is 89.6 Å². The molecule has 5 heteroatoms. The quantitative estimate of drug-likeness (QED) is 0.175. The Bertz CT molecular complexity index is 1250. The summed E-state index contributed by atoms with van der Waals surface area (Å²) in [5, 5.41) is 3.46. The van der Waals surface area contributed by atoms with E-state index in [4.69, 9.17) is 4.98 Å². The smallest absolute Gasteiger partial charge is 0.258 e. The van der Waals surface area contributed by atoms with Gasteiger partial charge in [-0.1, -0.05) is 68.7 Å². The molecule has 2 aromatic rings. The van der Waals surface area contributed by atoms with Crippen LogP contribution < -0.4 is 15.8 Å². The van der Waals surface area contributed by atoms with E-state index in [0.717, 1.165) is 55.9 Å². The summed E-state index contributed by atoms with van der Waals surface area (Å²) in [6.07, 6.45) is 15.6. The average Bonchev–Trinajstić information content (AvgIpc) is 2.95. The fraction of sp³-hybridized carbons (Fsp3) is 0.543. The minimum Gasteiger partial charge on any atom is -0.368 e. The molecule has 1 N–H and O–H groups in total. The number of hydrogen-bond acceptors (Lipinski definition) is 4. The van der Waals surface area contributed by atoms with Crippen molar-refractivity contribution in [3.05, 3.63) is 82.0 Å². The second-order valence-electron chi connectivity index (χ2n) is 11.4. The predicted molar refractivity (Wildman–Crippen MR) is 175 cm³/mol. The molecule has 1 saturated heterocycles. The Morgan fingerprint density at radius 1 is 1.12 bits per heavy atom. The van der Waals surface area contributed by atoms with Crippen molar-refractivity contribution in [2.75, 3.05) is 24.5 Å². The molecule has 2 aromatic heterocycles. The van der Waals surface area contributed by atoms with Crippen LogP contribution in [0.4, 0.5) is 5.69 Å². The number of rotatable bonds is 11. The van der Waals surface area contributed by atoms with E-state index in [1.807, 2.05) is 19.2 Å². The van der Waals surface area contributed by atoms with E-state index in [-0.39, 0.29) is 5.56 Å². The average molecular weight is 547 g/mol. The van der Waals surface area contributed by atoms with Crippen molar-refractivity contribution in [1.82, 2.24) is 14.7 Å². The number of nitrogens with zero attached hydrogens (tertiary/aromatic N) is 3. The van der Waals surface area contributed by atoms with Gasteiger partial charge in [-0.15, -0.1) is 0 Å². The standard InChI is InChI=1S/C26H38N4O.C9H16/c1-6-19(2)20(3)10-8-7-9-11-21(4)24-16-26(31)30-18-23(12-13-25(30)28-24)29-15-14-27-22(5)17-29;1-5-6-7-9(4)8(2)3/h10-13,16,18-19,22,27H,6-9,14-15,17H2,1-5H3;7H,2,5-6H2,1,3-4H3/b20-10-,21-11+;9-7-/t19?,22-;/m0./s1. The third kappa shape index (κ3) is 10.6. The fourth-order valence-electron chi connectivity index (χ4n) is 4.58. The number of hydrogen-bond donors (Lipinski definition) is 1. The van der Waals surface area contributed by atoms with Gasteiger partial charge in [0.05, 0.1) is 11.4 Å². The Balaban J connectivity index is 0.000000536. The number of aromatic nitrogens is 2. The van der Waals surface area contributed by atoms with Crippen molar-refractivity contribution in [2.24, 2.45) is 5.92 Å². The Morgan fingerprint density at radius 3 is 2.50 bits per heavy atom. The lowest BCUT2D eigenvalue weighted by Crippen LogP contribution is -2.49. The van der Waals surface area contributed by atoms with Crippen LogP contribution in [0.2, 0.25) is 0 Å². The van der Waals surface area contributed by atoms with Crippen LogP contribution in [0.15, 0.2) is 70.7 Å². The molecule has 3 heterocycles. The van der Waals surface area contributed by atoms with Crippen molar-refractivity contribution < 1.29 is 0 Å². The maximum absolute atomic E-state index is 12.8. The summed E-state index contributed by atoms with van der Waals surface area (Å²) in [6.45, 7) is 24.0. The van der Waals surface area contributed by atoms with Gasteiger partial charge < -0.3 is 10.2 Å². The van der Waals surface area contributed by atoms with Gasteiger partial charge in [0.15, 0.2) is 0 Å². The minimum atomic E-state index is -0.0232. The molecule has 1 unspecified atom stereocenters. The summed E-state index contributed by atoms with van der Waals surface area (Å²) in [5.74, 6) is 0.669. The first-order valence-corrected chi connectivity index (χ1v) is 15.3. The zero-order valence-electron chi connectivity index (χ0n) is 26.5. The van der Waals surface area contributed by atoms with E-state index in [1.165, 1.54) is 36.0 Å². The Labute approximate surface area is 243 Å². The SMILES string of the molecule is C=C(C)/C(C)=C\CCC.CCC(C)/C(C)=C\CCC/C=C(\C)c1cc(=O)n2cc(N3CCN[C@@H](C)C3)ccc2n1. The second kappa shape index (κ2) is 17.0. The minimum absolute atomic E-state index is 0.0232. The predicted octanol–water partition coefficient (Wildman–Crippen LogP) is 8.37. The Kier molecular flexibility index (Phi) is 14.2. The molecule has 1 fully saturated rings. The van der Waals surface area contributed by atoms with Gasteiger partial charge >= 0.3 is 0 Å². The van der Waals surface area contributed by atoms with E-state index in [9.17, 15) is 4.79 Å². The summed E-state index contributed by atoms with van der Waals surface area (Å²) in [6, 6.07) is 6.15. The molecule has 0 aromatic carbocycles. The molecule has 40 heavy (non-hydrogen) atoms. The number of fused-ring (bicyclic) bond motifs is 1. The first-order valence-electron chi connectivity index (χ1n) is 15.3. The summed E-state index contributed by atoms with van der Waals surface area (Å²) in [7, 11) is 0. The molecular formula is C35H54N4O. The van der Waals surface area contributed by atoms with Gasteiger partial charge in [-0.2, -0.15) is 0 Å².